The number of imide groups is 1. The molecule has 8 heteroatoms. The van der Waals surface area contributed by atoms with Gasteiger partial charge in [0, 0.05) is 25.2 Å². The molecule has 0 saturated carbocycles. The molecular weight excluding hydrogens is 348 g/mol. The number of hydrogen-bond acceptors (Lipinski definition) is 6. The molecule has 0 aromatic carbocycles. The summed E-state index contributed by atoms with van der Waals surface area (Å²) >= 11 is 0. The van der Waals surface area contributed by atoms with Gasteiger partial charge >= 0.3 is 0 Å². The summed E-state index contributed by atoms with van der Waals surface area (Å²) in [6.07, 6.45) is 4.30. The van der Waals surface area contributed by atoms with Gasteiger partial charge in [0.1, 0.15) is 23.3 Å². The van der Waals surface area contributed by atoms with E-state index in [4.69, 9.17) is 10.5 Å². The lowest BCUT2D eigenvalue weighted by Crippen LogP contribution is -2.39. The van der Waals surface area contributed by atoms with Crippen LogP contribution in [0.4, 0.5) is 0 Å². The van der Waals surface area contributed by atoms with Crippen LogP contribution in [0.1, 0.15) is 23.6 Å². The first-order chi connectivity index (χ1) is 12.7. The van der Waals surface area contributed by atoms with Crippen molar-refractivity contribution in [1.29, 1.82) is 10.5 Å². The number of hydrogen-bond donors (Lipinski definition) is 1. The fourth-order valence-corrected chi connectivity index (χ4v) is 2.70. The molecule has 0 bridgehead atoms. The summed E-state index contributed by atoms with van der Waals surface area (Å²) < 4.78 is 0.954. The van der Waals surface area contributed by atoms with Crippen molar-refractivity contribution in [3.05, 3.63) is 55.9 Å². The second-order valence-corrected chi connectivity index (χ2v) is 5.93. The summed E-state index contributed by atoms with van der Waals surface area (Å²) in [7, 11) is 2.62. The lowest BCUT2D eigenvalue weighted by Gasteiger charge is -2.23. The van der Waals surface area contributed by atoms with Crippen molar-refractivity contribution in [2.45, 2.75) is 13.8 Å². The maximum absolute atomic E-state index is 12.3. The van der Waals surface area contributed by atoms with E-state index in [1.165, 1.54) is 46.2 Å². The van der Waals surface area contributed by atoms with Crippen LogP contribution in [-0.2, 0) is 16.6 Å². The van der Waals surface area contributed by atoms with E-state index in [9.17, 15) is 19.5 Å². The maximum atomic E-state index is 12.3. The average molecular weight is 364 g/mol. The number of nitrogens with zero attached hydrogens (tertiary/aromatic N) is 4. The fourth-order valence-electron chi connectivity index (χ4n) is 2.70. The quantitative estimate of drug-likeness (QED) is 0.617. The van der Waals surface area contributed by atoms with Crippen molar-refractivity contribution in [1.82, 2.24) is 9.47 Å². The largest absolute Gasteiger partial charge is 0.494 e. The van der Waals surface area contributed by atoms with E-state index in [0.29, 0.717) is 5.56 Å². The number of nitriles is 2. The molecule has 1 aromatic rings. The number of allylic oxidation sites excluding steroid dienone is 2. The number of carbonyl (C=O) groups is 2. The number of aromatic nitrogens is 1. The van der Waals surface area contributed by atoms with Crippen molar-refractivity contribution in [2.75, 3.05) is 7.05 Å². The molecule has 0 fully saturated rings. The molecule has 2 amide bonds. The molecule has 2 rings (SSSR count). The molecule has 0 saturated heterocycles. The molecule has 136 valence electrons. The molecule has 1 N–H and O–H groups in total. The van der Waals surface area contributed by atoms with Gasteiger partial charge < -0.3 is 5.11 Å². The van der Waals surface area contributed by atoms with Gasteiger partial charge in [-0.25, -0.2) is 0 Å². The van der Waals surface area contributed by atoms with Crippen molar-refractivity contribution in [2.24, 2.45) is 7.05 Å². The van der Waals surface area contributed by atoms with Gasteiger partial charge in [-0.1, -0.05) is 6.08 Å². The highest BCUT2D eigenvalue weighted by Gasteiger charge is 2.32. The summed E-state index contributed by atoms with van der Waals surface area (Å²) in [5.74, 6) is -1.54. The average Bonchev–Trinajstić information content (AvgIpc) is 2.64. The van der Waals surface area contributed by atoms with Gasteiger partial charge in [-0.2, -0.15) is 10.5 Å². The molecule has 0 spiro atoms. The van der Waals surface area contributed by atoms with Crippen molar-refractivity contribution >= 4 is 17.9 Å². The molecule has 0 radical (unpaired) electrons. The number of pyridine rings is 1. The lowest BCUT2D eigenvalue weighted by molar-refractivity contribution is -0.138. The van der Waals surface area contributed by atoms with Crippen LogP contribution in [0.3, 0.4) is 0 Å². The third-order valence-electron chi connectivity index (χ3n) is 4.44. The highest BCUT2D eigenvalue weighted by molar-refractivity contribution is 6.18. The van der Waals surface area contributed by atoms with Crippen LogP contribution >= 0.6 is 0 Å². The SMILES string of the molecule is CC1=C(C#N)C(=O)N(C)C(=O)/C1=C\C=C\c1c(C)c(C#N)c(=O)n(C)c1O. The topological polar surface area (TPSA) is 127 Å². The van der Waals surface area contributed by atoms with Crippen molar-refractivity contribution in [3.63, 3.8) is 0 Å². The smallest absolute Gasteiger partial charge is 0.271 e. The number of carbonyl (C=O) groups excluding carboxylic acids is 2. The Morgan fingerprint density at radius 1 is 1.04 bits per heavy atom. The minimum Gasteiger partial charge on any atom is -0.494 e. The Hall–Kier alpha value is -3.91. The zero-order valence-electron chi connectivity index (χ0n) is 15.2. The Labute approximate surface area is 155 Å². The van der Waals surface area contributed by atoms with Crippen LogP contribution in [-0.4, -0.2) is 33.4 Å². The lowest BCUT2D eigenvalue weighted by atomic mass is 9.95. The highest BCUT2D eigenvalue weighted by atomic mass is 16.3. The Kier molecular flexibility index (Phi) is 5.14. The molecule has 2 heterocycles. The normalized spacial score (nSPS) is 16.2. The first-order valence-electron chi connectivity index (χ1n) is 7.82. The van der Waals surface area contributed by atoms with E-state index >= 15 is 0 Å². The number of amides is 2. The molecule has 27 heavy (non-hydrogen) atoms. The zero-order chi connectivity index (χ0) is 20.5. The first kappa shape index (κ1) is 19.4. The van der Waals surface area contributed by atoms with Gasteiger partial charge in [-0.3, -0.25) is 23.9 Å². The molecule has 8 nitrogen and oxygen atoms in total. The molecular formula is C19H16N4O4. The van der Waals surface area contributed by atoms with E-state index in [-0.39, 0.29) is 33.7 Å². The van der Waals surface area contributed by atoms with Gasteiger partial charge in [-0.05, 0) is 37.1 Å². The Morgan fingerprint density at radius 3 is 2.22 bits per heavy atom. The summed E-state index contributed by atoms with van der Waals surface area (Å²) in [6, 6.07) is 3.61. The maximum Gasteiger partial charge on any atom is 0.271 e. The van der Waals surface area contributed by atoms with E-state index in [0.717, 1.165) is 9.47 Å². The van der Waals surface area contributed by atoms with Crippen LogP contribution in [0.25, 0.3) is 6.08 Å². The van der Waals surface area contributed by atoms with Gasteiger partial charge in [0.05, 0.1) is 0 Å². The van der Waals surface area contributed by atoms with Crippen molar-refractivity contribution in [3.8, 4) is 18.0 Å². The predicted molar refractivity (Wildman–Crippen MR) is 96.0 cm³/mol. The van der Waals surface area contributed by atoms with E-state index in [1.54, 1.807) is 6.07 Å². The molecule has 1 aliphatic rings. The second kappa shape index (κ2) is 7.14. The van der Waals surface area contributed by atoms with E-state index in [1.807, 2.05) is 6.07 Å². The minimum absolute atomic E-state index is 0.0930. The molecule has 1 aliphatic heterocycles. The Bertz CT molecular complexity index is 1100. The second-order valence-electron chi connectivity index (χ2n) is 5.93. The fraction of sp³-hybridized carbons (Fsp3) is 0.211. The highest BCUT2D eigenvalue weighted by Crippen LogP contribution is 2.25. The summed E-state index contributed by atoms with van der Waals surface area (Å²) in [5.41, 5.74) is 0.152. The standard InChI is InChI=1S/C19H16N4O4/c1-10-12(16(24)22(3)18(26)14(10)8-20)6-5-7-13-11(2)15(9-21)19(27)23(4)17(13)25/h5-7,24H,1-4H3/b6-5+,13-7-. The molecule has 0 unspecified atom stereocenters. The molecule has 1 aromatic heterocycles. The van der Waals surface area contributed by atoms with E-state index < -0.39 is 17.4 Å². The third kappa shape index (κ3) is 3.05. The summed E-state index contributed by atoms with van der Waals surface area (Å²) in [5, 5.41) is 28.5. The van der Waals surface area contributed by atoms with Crippen LogP contribution in [0.2, 0.25) is 0 Å². The monoisotopic (exact) mass is 364 g/mol. The van der Waals surface area contributed by atoms with Gasteiger partial charge in [0.25, 0.3) is 17.4 Å². The Morgan fingerprint density at radius 2 is 1.67 bits per heavy atom. The first-order valence-corrected chi connectivity index (χ1v) is 7.82. The van der Waals surface area contributed by atoms with Gasteiger partial charge in [-0.15, -0.1) is 0 Å². The predicted octanol–water partition coefficient (Wildman–Crippen LogP) is 1.05. The number of aromatic hydroxyl groups is 1. The van der Waals surface area contributed by atoms with Gasteiger partial charge in [0.15, 0.2) is 0 Å². The number of likely N-dealkylation sites (N-methyl/N-ethyl adjacent to an activating group) is 1. The Balaban J connectivity index is 2.60. The third-order valence-corrected chi connectivity index (χ3v) is 4.44. The number of rotatable bonds is 2. The van der Waals surface area contributed by atoms with Crippen LogP contribution in [0, 0.1) is 29.6 Å². The van der Waals surface area contributed by atoms with Gasteiger partial charge in [0.2, 0.25) is 5.88 Å². The van der Waals surface area contributed by atoms with Crippen LogP contribution < -0.4 is 5.56 Å². The zero-order valence-corrected chi connectivity index (χ0v) is 15.2. The van der Waals surface area contributed by atoms with Crippen LogP contribution in [0.5, 0.6) is 5.88 Å². The van der Waals surface area contributed by atoms with Crippen molar-refractivity contribution < 1.29 is 14.7 Å². The minimum atomic E-state index is -0.661. The summed E-state index contributed by atoms with van der Waals surface area (Å²) in [6.45, 7) is 3.04. The summed E-state index contributed by atoms with van der Waals surface area (Å²) in [4.78, 5) is 37.1. The molecule has 0 atom stereocenters. The van der Waals surface area contributed by atoms with Crippen LogP contribution in [0.15, 0.2) is 33.7 Å². The molecule has 0 aliphatic carbocycles. The van der Waals surface area contributed by atoms with E-state index in [2.05, 4.69) is 0 Å².